The zero-order valence-corrected chi connectivity index (χ0v) is 13.7. The van der Waals surface area contributed by atoms with Crippen molar-refractivity contribution in [2.75, 3.05) is 27.2 Å². The molecule has 0 aliphatic rings. The normalized spacial score (nSPS) is 14.9. The lowest BCUT2D eigenvalue weighted by molar-refractivity contribution is 0.0287. The van der Waals surface area contributed by atoms with Crippen molar-refractivity contribution in [1.82, 2.24) is 10.2 Å². The van der Waals surface area contributed by atoms with Gasteiger partial charge in [0.15, 0.2) is 0 Å². The second-order valence-electron chi connectivity index (χ2n) is 6.54. The standard InChI is InChI=1S/C15H32N2O2/c1-12(8-10-16-6)13(2)9-11-17(7)14(18)19-15(3,4)5/h12-13,16H,8-11H2,1-7H3. The third kappa shape index (κ3) is 8.87. The molecule has 0 saturated carbocycles. The van der Waals surface area contributed by atoms with E-state index in [1.54, 1.807) is 11.9 Å². The average Bonchev–Trinajstić information content (AvgIpc) is 2.30. The maximum absolute atomic E-state index is 11.8. The number of rotatable bonds is 7. The van der Waals surface area contributed by atoms with Crippen LogP contribution in [0.3, 0.4) is 0 Å². The van der Waals surface area contributed by atoms with Crippen LogP contribution >= 0.6 is 0 Å². The largest absolute Gasteiger partial charge is 0.444 e. The Morgan fingerprint density at radius 2 is 1.74 bits per heavy atom. The Morgan fingerprint density at radius 3 is 2.21 bits per heavy atom. The number of nitrogens with zero attached hydrogens (tertiary/aromatic N) is 1. The number of carbonyl (C=O) groups excluding carboxylic acids is 1. The smallest absolute Gasteiger partial charge is 0.410 e. The number of amides is 1. The minimum absolute atomic E-state index is 0.234. The molecule has 114 valence electrons. The molecule has 4 heteroatoms. The van der Waals surface area contributed by atoms with E-state index >= 15 is 0 Å². The van der Waals surface area contributed by atoms with Crippen LogP contribution in [0.15, 0.2) is 0 Å². The highest BCUT2D eigenvalue weighted by atomic mass is 16.6. The molecule has 0 aromatic heterocycles. The van der Waals surface area contributed by atoms with Crippen LogP contribution in [-0.2, 0) is 4.74 Å². The van der Waals surface area contributed by atoms with Gasteiger partial charge in [0.1, 0.15) is 5.60 Å². The van der Waals surface area contributed by atoms with E-state index < -0.39 is 5.60 Å². The van der Waals surface area contributed by atoms with Crippen molar-refractivity contribution < 1.29 is 9.53 Å². The van der Waals surface area contributed by atoms with Gasteiger partial charge in [0.2, 0.25) is 0 Å². The molecule has 0 aromatic rings. The summed E-state index contributed by atoms with van der Waals surface area (Å²) >= 11 is 0. The quantitative estimate of drug-likeness (QED) is 0.774. The fraction of sp³-hybridized carbons (Fsp3) is 0.933. The van der Waals surface area contributed by atoms with E-state index in [0.29, 0.717) is 11.8 Å². The average molecular weight is 272 g/mol. The molecule has 0 heterocycles. The maximum Gasteiger partial charge on any atom is 0.410 e. The second-order valence-corrected chi connectivity index (χ2v) is 6.54. The van der Waals surface area contributed by atoms with Gasteiger partial charge in [-0.3, -0.25) is 0 Å². The Morgan fingerprint density at radius 1 is 1.21 bits per heavy atom. The SMILES string of the molecule is CNCCC(C)C(C)CCN(C)C(=O)OC(C)(C)C. The molecule has 0 radical (unpaired) electrons. The van der Waals surface area contributed by atoms with Crippen LogP contribution in [0, 0.1) is 11.8 Å². The Bertz CT molecular complexity index is 261. The fourth-order valence-electron chi connectivity index (χ4n) is 1.77. The van der Waals surface area contributed by atoms with E-state index in [4.69, 9.17) is 4.74 Å². The highest BCUT2D eigenvalue weighted by molar-refractivity contribution is 5.67. The third-order valence-electron chi connectivity index (χ3n) is 3.45. The summed E-state index contributed by atoms with van der Waals surface area (Å²) in [6.07, 6.45) is 1.96. The molecule has 2 atom stereocenters. The van der Waals surface area contributed by atoms with Crippen molar-refractivity contribution in [3.63, 3.8) is 0 Å². The molecule has 0 rings (SSSR count). The topological polar surface area (TPSA) is 41.6 Å². The molecule has 1 N–H and O–H groups in total. The van der Waals surface area contributed by atoms with E-state index in [0.717, 1.165) is 19.5 Å². The van der Waals surface area contributed by atoms with Crippen molar-refractivity contribution in [1.29, 1.82) is 0 Å². The summed E-state index contributed by atoms with van der Waals surface area (Å²) in [5.41, 5.74) is -0.420. The van der Waals surface area contributed by atoms with Crippen LogP contribution in [0.1, 0.15) is 47.5 Å². The maximum atomic E-state index is 11.8. The Kier molecular flexibility index (Phi) is 8.07. The van der Waals surface area contributed by atoms with Gasteiger partial charge in [-0.25, -0.2) is 4.79 Å². The first-order valence-corrected chi connectivity index (χ1v) is 7.26. The van der Waals surface area contributed by atoms with Gasteiger partial charge in [-0.15, -0.1) is 0 Å². The summed E-state index contributed by atoms with van der Waals surface area (Å²) in [4.78, 5) is 13.5. The number of ether oxygens (including phenoxy) is 1. The van der Waals surface area contributed by atoms with Crippen molar-refractivity contribution in [2.45, 2.75) is 53.1 Å². The molecule has 0 fully saturated rings. The Hall–Kier alpha value is -0.770. The molecule has 0 spiro atoms. The van der Waals surface area contributed by atoms with Gasteiger partial charge in [-0.1, -0.05) is 13.8 Å². The molecule has 0 aromatic carbocycles. The zero-order chi connectivity index (χ0) is 15.1. The van der Waals surface area contributed by atoms with E-state index in [9.17, 15) is 4.79 Å². The van der Waals surface area contributed by atoms with Crippen LogP contribution in [0.5, 0.6) is 0 Å². The molecule has 1 amide bonds. The van der Waals surface area contributed by atoms with E-state index in [2.05, 4.69) is 19.2 Å². The third-order valence-corrected chi connectivity index (χ3v) is 3.45. The van der Waals surface area contributed by atoms with E-state index in [-0.39, 0.29) is 6.09 Å². The van der Waals surface area contributed by atoms with Crippen LogP contribution < -0.4 is 5.32 Å². The summed E-state index contributed by atoms with van der Waals surface area (Å²) < 4.78 is 5.33. The lowest BCUT2D eigenvalue weighted by atomic mass is 9.90. The molecule has 0 aliphatic heterocycles. The van der Waals surface area contributed by atoms with Gasteiger partial charge in [0.25, 0.3) is 0 Å². The predicted octanol–water partition coefficient (Wildman–Crippen LogP) is 3.13. The molecule has 19 heavy (non-hydrogen) atoms. The van der Waals surface area contributed by atoms with Gasteiger partial charge in [0, 0.05) is 13.6 Å². The van der Waals surface area contributed by atoms with Crippen LogP contribution in [0.2, 0.25) is 0 Å². The van der Waals surface area contributed by atoms with Crippen molar-refractivity contribution in [2.24, 2.45) is 11.8 Å². The predicted molar refractivity (Wildman–Crippen MR) is 80.4 cm³/mol. The highest BCUT2D eigenvalue weighted by Gasteiger charge is 2.20. The van der Waals surface area contributed by atoms with Crippen LogP contribution in [0.25, 0.3) is 0 Å². The number of nitrogens with one attached hydrogen (secondary N) is 1. The van der Waals surface area contributed by atoms with Crippen molar-refractivity contribution >= 4 is 6.09 Å². The van der Waals surface area contributed by atoms with Gasteiger partial charge in [-0.2, -0.15) is 0 Å². The first-order valence-electron chi connectivity index (χ1n) is 7.26. The first-order chi connectivity index (χ1) is 8.67. The lowest BCUT2D eigenvalue weighted by Crippen LogP contribution is -2.35. The van der Waals surface area contributed by atoms with Crippen molar-refractivity contribution in [3.8, 4) is 0 Å². The van der Waals surface area contributed by atoms with Crippen LogP contribution in [0.4, 0.5) is 4.79 Å². The first kappa shape index (κ1) is 18.2. The minimum Gasteiger partial charge on any atom is -0.444 e. The number of hydrogen-bond donors (Lipinski definition) is 1. The summed E-state index contributed by atoms with van der Waals surface area (Å²) in [6.45, 7) is 12.0. The van der Waals surface area contributed by atoms with Crippen LogP contribution in [-0.4, -0.2) is 43.8 Å². The zero-order valence-electron chi connectivity index (χ0n) is 13.7. The second kappa shape index (κ2) is 8.41. The van der Waals surface area contributed by atoms with E-state index in [1.807, 2.05) is 27.8 Å². The van der Waals surface area contributed by atoms with Gasteiger partial charge >= 0.3 is 6.09 Å². The van der Waals surface area contributed by atoms with Gasteiger partial charge in [-0.05, 0) is 59.0 Å². The summed E-state index contributed by atoms with van der Waals surface area (Å²) in [6, 6.07) is 0. The molecule has 2 unspecified atom stereocenters. The Balaban J connectivity index is 4.01. The summed E-state index contributed by atoms with van der Waals surface area (Å²) in [5, 5.41) is 3.18. The summed E-state index contributed by atoms with van der Waals surface area (Å²) in [7, 11) is 3.78. The Labute approximate surface area is 118 Å². The lowest BCUT2D eigenvalue weighted by Gasteiger charge is -2.26. The molecular formula is C15H32N2O2. The monoisotopic (exact) mass is 272 g/mol. The molecule has 0 saturated heterocycles. The summed E-state index contributed by atoms with van der Waals surface area (Å²) in [5.74, 6) is 1.28. The highest BCUT2D eigenvalue weighted by Crippen LogP contribution is 2.18. The van der Waals surface area contributed by atoms with E-state index in [1.165, 1.54) is 6.42 Å². The van der Waals surface area contributed by atoms with Gasteiger partial charge < -0.3 is 15.0 Å². The molecule has 4 nitrogen and oxygen atoms in total. The molecular weight excluding hydrogens is 240 g/mol. The number of carbonyl (C=O) groups is 1. The minimum atomic E-state index is -0.420. The van der Waals surface area contributed by atoms with Crippen molar-refractivity contribution in [3.05, 3.63) is 0 Å². The number of hydrogen-bond acceptors (Lipinski definition) is 3. The molecule has 0 bridgehead atoms. The van der Waals surface area contributed by atoms with Gasteiger partial charge in [0.05, 0.1) is 0 Å². The fourth-order valence-corrected chi connectivity index (χ4v) is 1.77. The molecule has 0 aliphatic carbocycles.